The van der Waals surface area contributed by atoms with Crippen LogP contribution in [0.4, 0.5) is 4.79 Å². The third kappa shape index (κ3) is 5.36. The van der Waals surface area contributed by atoms with Gasteiger partial charge in [-0.15, -0.1) is 0 Å². The van der Waals surface area contributed by atoms with Crippen LogP contribution in [0.25, 0.3) is 0 Å². The van der Waals surface area contributed by atoms with Crippen LogP contribution in [0.5, 0.6) is 0 Å². The Morgan fingerprint density at radius 3 is 2.56 bits per heavy atom. The molecule has 0 saturated carbocycles. The molecule has 1 rings (SSSR count). The second-order valence-electron chi connectivity index (χ2n) is 4.23. The first kappa shape index (κ1) is 12.5. The molecule has 1 aromatic rings. The van der Waals surface area contributed by atoms with Crippen LogP contribution >= 0.6 is 0 Å². The number of hydrogen-bond donors (Lipinski definition) is 2. The molecule has 0 aliphatic rings. The molecule has 2 N–H and O–H groups in total. The minimum absolute atomic E-state index is 0.167. The van der Waals surface area contributed by atoms with Gasteiger partial charge in [0.25, 0.3) is 0 Å². The summed E-state index contributed by atoms with van der Waals surface area (Å²) in [4.78, 5) is 11.2. The van der Waals surface area contributed by atoms with Crippen LogP contribution in [0.15, 0.2) is 30.3 Å². The molecule has 0 atom stereocenters. The third-order valence-electron chi connectivity index (χ3n) is 1.88. The summed E-state index contributed by atoms with van der Waals surface area (Å²) in [5.41, 5.74) is 0.00656. The number of aliphatic hydroxyl groups is 1. The van der Waals surface area contributed by atoms with Crippen LogP contribution < -0.4 is 5.32 Å². The molecule has 0 radical (unpaired) electrons. The van der Waals surface area contributed by atoms with E-state index < -0.39 is 11.7 Å². The van der Waals surface area contributed by atoms with Gasteiger partial charge < -0.3 is 15.2 Å². The van der Waals surface area contributed by atoms with E-state index in [1.54, 1.807) is 13.8 Å². The summed E-state index contributed by atoms with van der Waals surface area (Å²) < 4.78 is 4.96. The summed E-state index contributed by atoms with van der Waals surface area (Å²) in [5.74, 6) is 0. The lowest BCUT2D eigenvalue weighted by Gasteiger charge is -2.17. The SMILES string of the molecule is CC(C)(O)CNC(=O)OCc1ccccc1. The van der Waals surface area contributed by atoms with Gasteiger partial charge in [-0.1, -0.05) is 30.3 Å². The first-order chi connectivity index (χ1) is 7.47. The van der Waals surface area contributed by atoms with E-state index in [1.807, 2.05) is 30.3 Å². The molecule has 1 aromatic carbocycles. The van der Waals surface area contributed by atoms with Crippen molar-refractivity contribution < 1.29 is 14.6 Å². The number of rotatable bonds is 4. The molecule has 0 aliphatic heterocycles. The summed E-state index contributed by atoms with van der Waals surface area (Å²) in [6.45, 7) is 3.63. The highest BCUT2D eigenvalue weighted by Gasteiger charge is 2.14. The maximum Gasteiger partial charge on any atom is 0.407 e. The fourth-order valence-electron chi connectivity index (χ4n) is 1.06. The van der Waals surface area contributed by atoms with Crippen LogP contribution in [0.1, 0.15) is 19.4 Å². The molecular weight excluding hydrogens is 206 g/mol. The van der Waals surface area contributed by atoms with E-state index in [0.29, 0.717) is 0 Å². The van der Waals surface area contributed by atoms with E-state index in [-0.39, 0.29) is 13.2 Å². The van der Waals surface area contributed by atoms with Crippen molar-refractivity contribution in [2.75, 3.05) is 6.54 Å². The van der Waals surface area contributed by atoms with Crippen LogP contribution in [0.3, 0.4) is 0 Å². The molecule has 0 aliphatic carbocycles. The number of hydrogen-bond acceptors (Lipinski definition) is 3. The normalized spacial score (nSPS) is 10.9. The molecule has 16 heavy (non-hydrogen) atoms. The fourth-order valence-corrected chi connectivity index (χ4v) is 1.06. The van der Waals surface area contributed by atoms with Crippen molar-refractivity contribution in [3.63, 3.8) is 0 Å². The lowest BCUT2D eigenvalue weighted by Crippen LogP contribution is -2.38. The lowest BCUT2D eigenvalue weighted by atomic mass is 10.1. The smallest absolute Gasteiger partial charge is 0.407 e. The van der Waals surface area contributed by atoms with Gasteiger partial charge in [0.2, 0.25) is 0 Å². The first-order valence-electron chi connectivity index (χ1n) is 5.14. The van der Waals surface area contributed by atoms with Crippen molar-refractivity contribution in [1.82, 2.24) is 5.32 Å². The lowest BCUT2D eigenvalue weighted by molar-refractivity contribution is 0.0730. The molecule has 0 fully saturated rings. The van der Waals surface area contributed by atoms with Gasteiger partial charge in [0.1, 0.15) is 6.61 Å². The minimum atomic E-state index is -0.925. The Bertz CT molecular complexity index is 330. The van der Waals surface area contributed by atoms with E-state index in [0.717, 1.165) is 5.56 Å². The Kier molecular flexibility index (Phi) is 4.31. The Morgan fingerprint density at radius 2 is 2.00 bits per heavy atom. The summed E-state index contributed by atoms with van der Waals surface area (Å²) >= 11 is 0. The Labute approximate surface area is 95.2 Å². The van der Waals surface area contributed by atoms with Gasteiger partial charge >= 0.3 is 6.09 Å². The zero-order valence-electron chi connectivity index (χ0n) is 9.56. The van der Waals surface area contributed by atoms with Gasteiger partial charge in [-0.25, -0.2) is 4.79 Å². The van der Waals surface area contributed by atoms with Gasteiger partial charge in [0.15, 0.2) is 0 Å². The molecule has 0 spiro atoms. The molecule has 1 amide bonds. The van der Waals surface area contributed by atoms with E-state index in [2.05, 4.69) is 5.32 Å². The highest BCUT2D eigenvalue weighted by Crippen LogP contribution is 2.01. The average Bonchev–Trinajstić information content (AvgIpc) is 2.24. The molecule has 0 bridgehead atoms. The number of carbonyl (C=O) groups excluding carboxylic acids is 1. The van der Waals surface area contributed by atoms with E-state index >= 15 is 0 Å². The van der Waals surface area contributed by atoms with Crippen molar-refractivity contribution in [3.8, 4) is 0 Å². The largest absolute Gasteiger partial charge is 0.445 e. The molecule has 0 heterocycles. The number of alkyl carbamates (subject to hydrolysis) is 1. The van der Waals surface area contributed by atoms with Crippen molar-refractivity contribution in [3.05, 3.63) is 35.9 Å². The standard InChI is InChI=1S/C12H17NO3/c1-12(2,15)9-13-11(14)16-8-10-6-4-3-5-7-10/h3-7,15H,8-9H2,1-2H3,(H,13,14). The topological polar surface area (TPSA) is 58.6 Å². The molecule has 88 valence electrons. The Hall–Kier alpha value is -1.55. The first-order valence-corrected chi connectivity index (χ1v) is 5.14. The minimum Gasteiger partial charge on any atom is -0.445 e. The second-order valence-corrected chi connectivity index (χ2v) is 4.23. The summed E-state index contributed by atoms with van der Waals surface area (Å²) in [6.07, 6.45) is -0.522. The number of nitrogens with one attached hydrogen (secondary N) is 1. The van der Waals surface area contributed by atoms with Gasteiger partial charge in [-0.2, -0.15) is 0 Å². The van der Waals surface area contributed by atoms with Gasteiger partial charge in [0, 0.05) is 6.54 Å². The second kappa shape index (κ2) is 5.51. The predicted molar refractivity (Wildman–Crippen MR) is 60.9 cm³/mol. The van der Waals surface area contributed by atoms with Crippen LogP contribution in [0.2, 0.25) is 0 Å². The Balaban J connectivity index is 2.26. The number of amides is 1. The van der Waals surface area contributed by atoms with Crippen molar-refractivity contribution >= 4 is 6.09 Å². The summed E-state index contributed by atoms with van der Waals surface area (Å²) in [7, 11) is 0. The zero-order chi connectivity index (χ0) is 12.0. The van der Waals surface area contributed by atoms with Gasteiger partial charge in [0.05, 0.1) is 5.60 Å². The van der Waals surface area contributed by atoms with Crippen LogP contribution in [-0.2, 0) is 11.3 Å². The number of benzene rings is 1. The molecule has 0 aromatic heterocycles. The molecule has 4 nitrogen and oxygen atoms in total. The fraction of sp³-hybridized carbons (Fsp3) is 0.417. The highest BCUT2D eigenvalue weighted by atomic mass is 16.5. The molecule has 4 heteroatoms. The molecule has 0 saturated heterocycles. The average molecular weight is 223 g/mol. The number of carbonyl (C=O) groups is 1. The van der Waals surface area contributed by atoms with Gasteiger partial charge in [-0.3, -0.25) is 0 Å². The molecule has 0 unspecified atom stereocenters. The van der Waals surface area contributed by atoms with Crippen molar-refractivity contribution in [2.45, 2.75) is 26.1 Å². The third-order valence-corrected chi connectivity index (χ3v) is 1.88. The van der Waals surface area contributed by atoms with Crippen molar-refractivity contribution in [1.29, 1.82) is 0 Å². The maximum absolute atomic E-state index is 11.2. The van der Waals surface area contributed by atoms with E-state index in [9.17, 15) is 9.90 Å². The molecular formula is C12H17NO3. The van der Waals surface area contributed by atoms with Crippen molar-refractivity contribution in [2.24, 2.45) is 0 Å². The summed E-state index contributed by atoms with van der Waals surface area (Å²) in [6, 6.07) is 9.42. The van der Waals surface area contributed by atoms with Crippen LogP contribution in [-0.4, -0.2) is 23.3 Å². The monoisotopic (exact) mass is 223 g/mol. The number of ether oxygens (including phenoxy) is 1. The predicted octanol–water partition coefficient (Wildman–Crippen LogP) is 1.68. The Morgan fingerprint density at radius 1 is 1.38 bits per heavy atom. The van der Waals surface area contributed by atoms with Crippen LogP contribution in [0, 0.1) is 0 Å². The van der Waals surface area contributed by atoms with Gasteiger partial charge in [-0.05, 0) is 19.4 Å². The highest BCUT2D eigenvalue weighted by molar-refractivity contribution is 5.67. The summed E-state index contributed by atoms with van der Waals surface area (Å²) in [5, 5.41) is 11.9. The van der Waals surface area contributed by atoms with E-state index in [4.69, 9.17) is 4.74 Å². The van der Waals surface area contributed by atoms with E-state index in [1.165, 1.54) is 0 Å². The zero-order valence-corrected chi connectivity index (χ0v) is 9.56. The maximum atomic E-state index is 11.2. The quantitative estimate of drug-likeness (QED) is 0.816.